The average molecular weight is 267 g/mol. The third kappa shape index (κ3) is 2.47. The molecule has 1 unspecified atom stereocenters. The molecule has 0 saturated carbocycles. The van der Waals surface area contributed by atoms with Crippen LogP contribution in [0.25, 0.3) is 0 Å². The van der Waals surface area contributed by atoms with E-state index in [0.29, 0.717) is 16.9 Å². The molecule has 1 atom stereocenters. The summed E-state index contributed by atoms with van der Waals surface area (Å²) < 4.78 is 18.2. The Labute approximate surface area is 110 Å². The molecular weight excluding hydrogens is 255 g/mol. The molecule has 2 aromatic carbocycles. The van der Waals surface area contributed by atoms with Crippen LogP contribution in [-0.4, -0.2) is 12.2 Å². The Morgan fingerprint density at radius 3 is 2.61 bits per heavy atom. The number of aliphatic hydroxyl groups excluding tert-OH is 1. The highest BCUT2D eigenvalue weighted by atomic mass is 35.5. The lowest BCUT2D eigenvalue weighted by molar-refractivity contribution is 0.214. The van der Waals surface area contributed by atoms with E-state index in [1.165, 1.54) is 25.3 Å². The summed E-state index contributed by atoms with van der Waals surface area (Å²) in [4.78, 5) is 0. The number of halogens is 2. The van der Waals surface area contributed by atoms with Gasteiger partial charge in [-0.15, -0.1) is 0 Å². The summed E-state index contributed by atoms with van der Waals surface area (Å²) in [5, 5.41) is 10.2. The van der Waals surface area contributed by atoms with E-state index in [2.05, 4.69) is 0 Å². The first-order chi connectivity index (χ1) is 8.63. The van der Waals surface area contributed by atoms with E-state index in [1.807, 2.05) is 6.07 Å². The number of rotatable bonds is 3. The van der Waals surface area contributed by atoms with Crippen molar-refractivity contribution >= 4 is 11.6 Å². The van der Waals surface area contributed by atoms with Crippen LogP contribution in [0.5, 0.6) is 5.75 Å². The van der Waals surface area contributed by atoms with Crippen LogP contribution >= 0.6 is 11.6 Å². The van der Waals surface area contributed by atoms with Gasteiger partial charge in [0.1, 0.15) is 17.7 Å². The molecule has 0 spiro atoms. The number of ether oxygens (including phenoxy) is 1. The number of aliphatic hydroxyl groups is 1. The van der Waals surface area contributed by atoms with E-state index in [1.54, 1.807) is 18.2 Å². The minimum Gasteiger partial charge on any atom is -0.496 e. The van der Waals surface area contributed by atoms with Crippen molar-refractivity contribution in [1.82, 2.24) is 0 Å². The lowest BCUT2D eigenvalue weighted by Crippen LogP contribution is -2.02. The van der Waals surface area contributed by atoms with Crippen LogP contribution in [0.3, 0.4) is 0 Å². The molecule has 94 valence electrons. The first kappa shape index (κ1) is 12.9. The monoisotopic (exact) mass is 266 g/mol. The highest BCUT2D eigenvalue weighted by Gasteiger charge is 2.16. The highest BCUT2D eigenvalue weighted by Crippen LogP contribution is 2.31. The third-order valence-electron chi connectivity index (χ3n) is 2.69. The number of para-hydroxylation sites is 1. The lowest BCUT2D eigenvalue weighted by Gasteiger charge is -2.15. The van der Waals surface area contributed by atoms with Gasteiger partial charge in [-0.25, -0.2) is 4.39 Å². The maximum atomic E-state index is 13.1. The zero-order chi connectivity index (χ0) is 13.1. The van der Waals surface area contributed by atoms with Gasteiger partial charge in [-0.3, -0.25) is 0 Å². The van der Waals surface area contributed by atoms with E-state index in [-0.39, 0.29) is 5.02 Å². The summed E-state index contributed by atoms with van der Waals surface area (Å²) >= 11 is 5.70. The second-order valence-corrected chi connectivity index (χ2v) is 4.23. The summed E-state index contributed by atoms with van der Waals surface area (Å²) in [7, 11) is 1.53. The molecule has 18 heavy (non-hydrogen) atoms. The van der Waals surface area contributed by atoms with Gasteiger partial charge < -0.3 is 9.84 Å². The molecule has 2 rings (SSSR count). The summed E-state index contributed by atoms with van der Waals surface area (Å²) in [5.41, 5.74) is 1.13. The van der Waals surface area contributed by atoms with Crippen molar-refractivity contribution in [2.45, 2.75) is 6.10 Å². The average Bonchev–Trinajstić information content (AvgIpc) is 2.41. The Bertz CT molecular complexity index is 557. The molecule has 0 aliphatic heterocycles. The maximum absolute atomic E-state index is 13.1. The Morgan fingerprint density at radius 2 is 1.94 bits per heavy atom. The van der Waals surface area contributed by atoms with Gasteiger partial charge in [0.05, 0.1) is 12.1 Å². The molecule has 0 radical (unpaired) electrons. The van der Waals surface area contributed by atoms with Crippen molar-refractivity contribution in [3.05, 3.63) is 64.4 Å². The van der Waals surface area contributed by atoms with Gasteiger partial charge >= 0.3 is 0 Å². The molecule has 0 saturated heterocycles. The van der Waals surface area contributed by atoms with Gasteiger partial charge in [0.25, 0.3) is 0 Å². The first-order valence-electron chi connectivity index (χ1n) is 5.39. The van der Waals surface area contributed by atoms with E-state index in [9.17, 15) is 9.50 Å². The van der Waals surface area contributed by atoms with Crippen molar-refractivity contribution in [3.8, 4) is 5.75 Å². The molecule has 0 aliphatic carbocycles. The van der Waals surface area contributed by atoms with Crippen LogP contribution in [0.4, 0.5) is 4.39 Å². The fourth-order valence-corrected chi connectivity index (χ4v) is 1.94. The van der Waals surface area contributed by atoms with E-state index < -0.39 is 11.9 Å². The second-order valence-electron chi connectivity index (χ2n) is 3.82. The lowest BCUT2D eigenvalue weighted by atomic mass is 10.0. The largest absolute Gasteiger partial charge is 0.496 e. The van der Waals surface area contributed by atoms with Gasteiger partial charge in [-0.2, -0.15) is 0 Å². The van der Waals surface area contributed by atoms with Crippen molar-refractivity contribution in [3.63, 3.8) is 0 Å². The summed E-state index contributed by atoms with van der Waals surface area (Å²) in [6.07, 6.45) is -0.903. The molecular formula is C14H12ClFO2. The fourth-order valence-electron chi connectivity index (χ4n) is 1.75. The van der Waals surface area contributed by atoms with Gasteiger partial charge in [0.15, 0.2) is 0 Å². The molecule has 2 nitrogen and oxygen atoms in total. The Morgan fingerprint density at radius 1 is 1.22 bits per heavy atom. The molecule has 0 aliphatic rings. The van der Waals surface area contributed by atoms with E-state index in [0.717, 1.165) is 0 Å². The number of hydrogen-bond acceptors (Lipinski definition) is 2. The summed E-state index contributed by atoms with van der Waals surface area (Å²) in [5.74, 6) is 0.0677. The molecule has 1 N–H and O–H groups in total. The number of benzene rings is 2. The van der Waals surface area contributed by atoms with Crippen LogP contribution in [-0.2, 0) is 0 Å². The van der Waals surface area contributed by atoms with Gasteiger partial charge in [0, 0.05) is 5.56 Å². The Kier molecular flexibility index (Phi) is 3.84. The van der Waals surface area contributed by atoms with Crippen molar-refractivity contribution < 1.29 is 14.2 Å². The van der Waals surface area contributed by atoms with Gasteiger partial charge in [0.2, 0.25) is 0 Å². The topological polar surface area (TPSA) is 29.5 Å². The van der Waals surface area contributed by atoms with Crippen LogP contribution in [0.2, 0.25) is 5.02 Å². The fraction of sp³-hybridized carbons (Fsp3) is 0.143. The smallest absolute Gasteiger partial charge is 0.141 e. The molecule has 0 heterocycles. The summed E-state index contributed by atoms with van der Waals surface area (Å²) in [6, 6.07) is 11.3. The Balaban J connectivity index is 2.41. The highest BCUT2D eigenvalue weighted by molar-refractivity contribution is 6.30. The van der Waals surface area contributed by atoms with Crippen LogP contribution in [0.1, 0.15) is 17.2 Å². The number of methoxy groups -OCH3 is 1. The van der Waals surface area contributed by atoms with Crippen molar-refractivity contribution in [2.75, 3.05) is 7.11 Å². The molecule has 0 bridgehead atoms. The molecule has 0 aromatic heterocycles. The van der Waals surface area contributed by atoms with Crippen LogP contribution in [0, 0.1) is 5.82 Å². The zero-order valence-corrected chi connectivity index (χ0v) is 10.5. The Hall–Kier alpha value is -1.58. The van der Waals surface area contributed by atoms with Crippen molar-refractivity contribution in [2.24, 2.45) is 0 Å². The molecule has 0 fully saturated rings. The zero-order valence-electron chi connectivity index (χ0n) is 9.73. The summed E-state index contributed by atoms with van der Waals surface area (Å²) in [6.45, 7) is 0. The minimum absolute atomic E-state index is 0.0125. The second kappa shape index (κ2) is 5.38. The predicted molar refractivity (Wildman–Crippen MR) is 68.5 cm³/mol. The van der Waals surface area contributed by atoms with Crippen LogP contribution in [0.15, 0.2) is 42.5 Å². The molecule has 0 amide bonds. The quantitative estimate of drug-likeness (QED) is 0.920. The normalized spacial score (nSPS) is 12.2. The van der Waals surface area contributed by atoms with Crippen LogP contribution < -0.4 is 4.74 Å². The van der Waals surface area contributed by atoms with Gasteiger partial charge in [-0.1, -0.05) is 35.9 Å². The SMILES string of the molecule is COc1ccccc1C(O)c1ccc(F)c(Cl)c1. The van der Waals surface area contributed by atoms with Gasteiger partial charge in [-0.05, 0) is 23.8 Å². The standard InChI is InChI=1S/C14H12ClFO2/c1-18-13-5-3-2-4-10(13)14(17)9-6-7-12(16)11(15)8-9/h2-8,14,17H,1H3. The minimum atomic E-state index is -0.903. The first-order valence-corrected chi connectivity index (χ1v) is 5.77. The van der Waals surface area contributed by atoms with Crippen molar-refractivity contribution in [1.29, 1.82) is 0 Å². The molecule has 2 aromatic rings. The predicted octanol–water partition coefficient (Wildman–Crippen LogP) is 3.57. The maximum Gasteiger partial charge on any atom is 0.141 e. The third-order valence-corrected chi connectivity index (χ3v) is 2.98. The molecule has 4 heteroatoms. The number of hydrogen-bond donors (Lipinski definition) is 1. The van der Waals surface area contributed by atoms with E-state index >= 15 is 0 Å². The van der Waals surface area contributed by atoms with E-state index in [4.69, 9.17) is 16.3 Å².